The number of fused-ring (bicyclic) bond motifs is 1. The Morgan fingerprint density at radius 1 is 0.867 bits per heavy atom. The molecule has 0 radical (unpaired) electrons. The van der Waals surface area contributed by atoms with Crippen molar-refractivity contribution in [2.45, 2.75) is 0 Å². The van der Waals surface area contributed by atoms with Crippen LogP contribution >= 0.6 is 0 Å². The molecule has 0 bridgehead atoms. The first-order valence-electron chi connectivity index (χ1n) is 4.17. The summed E-state index contributed by atoms with van der Waals surface area (Å²) in [6.45, 7) is 0. The molecule has 2 rings (SSSR count). The van der Waals surface area contributed by atoms with E-state index < -0.39 is 5.75 Å². The number of hydrogen-bond donors (Lipinski definition) is 5. The first-order chi connectivity index (χ1) is 7.00. The van der Waals surface area contributed by atoms with E-state index in [1.807, 2.05) is 0 Å². The lowest BCUT2D eigenvalue weighted by Gasteiger charge is -2.08. The van der Waals surface area contributed by atoms with Gasteiger partial charge in [-0.15, -0.1) is 0 Å². The van der Waals surface area contributed by atoms with Crippen LogP contribution in [0.15, 0.2) is 18.2 Å². The highest BCUT2D eigenvalue weighted by atomic mass is 16.3. The minimum absolute atomic E-state index is 0.100. The Morgan fingerprint density at radius 3 is 2.20 bits per heavy atom. The van der Waals surface area contributed by atoms with E-state index in [4.69, 9.17) is 5.73 Å². The molecule has 0 atom stereocenters. The number of anilines is 1. The Balaban J connectivity index is 2.99. The molecule has 0 unspecified atom stereocenters. The van der Waals surface area contributed by atoms with Gasteiger partial charge in [0, 0.05) is 6.07 Å². The van der Waals surface area contributed by atoms with Crippen molar-refractivity contribution < 1.29 is 20.4 Å². The fourth-order valence-electron chi connectivity index (χ4n) is 1.49. The molecule has 5 heteroatoms. The number of rotatable bonds is 0. The van der Waals surface area contributed by atoms with E-state index in [1.165, 1.54) is 12.1 Å². The molecule has 2 aromatic carbocycles. The number of aromatic hydroxyl groups is 4. The summed E-state index contributed by atoms with van der Waals surface area (Å²) in [5, 5.41) is 38.0. The number of nitrogens with two attached hydrogens (primary N) is 1. The zero-order chi connectivity index (χ0) is 11.2. The number of phenols is 4. The van der Waals surface area contributed by atoms with Crippen molar-refractivity contribution in [2.24, 2.45) is 0 Å². The normalized spacial score (nSPS) is 10.7. The van der Waals surface area contributed by atoms with Gasteiger partial charge in [0.15, 0.2) is 5.75 Å². The molecule has 0 aliphatic carbocycles. The smallest absolute Gasteiger partial charge is 0.153 e. The molecule has 0 saturated heterocycles. The second-order valence-corrected chi connectivity index (χ2v) is 3.22. The third kappa shape index (κ3) is 1.25. The summed E-state index contributed by atoms with van der Waals surface area (Å²) in [6.07, 6.45) is 0. The Bertz CT molecular complexity index is 551. The molecule has 5 nitrogen and oxygen atoms in total. The molecule has 0 aromatic heterocycles. The SMILES string of the molecule is Nc1c(O)cc2cc(O)cc(O)c2c1O. The molecule has 0 aliphatic rings. The van der Waals surface area contributed by atoms with Crippen LogP contribution in [0.3, 0.4) is 0 Å². The van der Waals surface area contributed by atoms with Crippen LogP contribution in [0.25, 0.3) is 10.8 Å². The maximum Gasteiger partial charge on any atom is 0.153 e. The Kier molecular flexibility index (Phi) is 1.76. The van der Waals surface area contributed by atoms with Crippen molar-refractivity contribution in [3.63, 3.8) is 0 Å². The molecule has 2 aromatic rings. The summed E-state index contributed by atoms with van der Waals surface area (Å²) in [5.74, 6) is -1.16. The van der Waals surface area contributed by atoms with Crippen molar-refractivity contribution in [3.8, 4) is 23.0 Å². The van der Waals surface area contributed by atoms with Crippen LogP contribution in [-0.4, -0.2) is 20.4 Å². The van der Waals surface area contributed by atoms with Gasteiger partial charge in [0.05, 0.1) is 5.39 Å². The van der Waals surface area contributed by atoms with E-state index >= 15 is 0 Å². The third-order valence-corrected chi connectivity index (χ3v) is 2.19. The van der Waals surface area contributed by atoms with Gasteiger partial charge in [-0.25, -0.2) is 0 Å². The first-order valence-corrected chi connectivity index (χ1v) is 4.17. The topological polar surface area (TPSA) is 107 Å². The fourth-order valence-corrected chi connectivity index (χ4v) is 1.49. The van der Waals surface area contributed by atoms with Crippen molar-refractivity contribution in [2.75, 3.05) is 5.73 Å². The Morgan fingerprint density at radius 2 is 1.53 bits per heavy atom. The quantitative estimate of drug-likeness (QED) is 0.330. The van der Waals surface area contributed by atoms with E-state index in [1.54, 1.807) is 0 Å². The van der Waals surface area contributed by atoms with Crippen LogP contribution in [0.2, 0.25) is 0 Å². The fraction of sp³-hybridized carbons (Fsp3) is 0. The van der Waals surface area contributed by atoms with Gasteiger partial charge < -0.3 is 26.2 Å². The molecule has 0 spiro atoms. The predicted molar refractivity (Wildman–Crippen MR) is 55.0 cm³/mol. The second-order valence-electron chi connectivity index (χ2n) is 3.22. The zero-order valence-corrected chi connectivity index (χ0v) is 7.60. The van der Waals surface area contributed by atoms with Crippen molar-refractivity contribution in [3.05, 3.63) is 18.2 Å². The van der Waals surface area contributed by atoms with Crippen LogP contribution in [0.5, 0.6) is 23.0 Å². The van der Waals surface area contributed by atoms with Crippen LogP contribution < -0.4 is 5.73 Å². The van der Waals surface area contributed by atoms with Gasteiger partial charge in [0.2, 0.25) is 0 Å². The molecule has 0 heterocycles. The summed E-state index contributed by atoms with van der Waals surface area (Å²) < 4.78 is 0. The number of nitrogen functional groups attached to an aromatic ring is 1. The molecule has 0 aliphatic heterocycles. The van der Waals surface area contributed by atoms with E-state index in [-0.39, 0.29) is 28.3 Å². The Hall–Kier alpha value is -2.30. The van der Waals surface area contributed by atoms with Crippen molar-refractivity contribution in [1.82, 2.24) is 0 Å². The van der Waals surface area contributed by atoms with Crippen LogP contribution in [0.4, 0.5) is 5.69 Å². The van der Waals surface area contributed by atoms with Crippen molar-refractivity contribution >= 4 is 16.5 Å². The van der Waals surface area contributed by atoms with Crippen LogP contribution in [0.1, 0.15) is 0 Å². The van der Waals surface area contributed by atoms with Gasteiger partial charge >= 0.3 is 0 Å². The highest BCUT2D eigenvalue weighted by Gasteiger charge is 2.13. The number of benzene rings is 2. The van der Waals surface area contributed by atoms with Gasteiger partial charge in [-0.3, -0.25) is 0 Å². The van der Waals surface area contributed by atoms with E-state index in [0.29, 0.717) is 5.39 Å². The lowest BCUT2D eigenvalue weighted by molar-refractivity contribution is 0.446. The number of phenolic OH excluding ortho intramolecular Hbond substituents is 4. The van der Waals surface area contributed by atoms with Crippen molar-refractivity contribution in [1.29, 1.82) is 0 Å². The minimum Gasteiger partial charge on any atom is -0.508 e. The molecule has 15 heavy (non-hydrogen) atoms. The molecule has 0 saturated carbocycles. The van der Waals surface area contributed by atoms with Gasteiger partial charge in [0.1, 0.15) is 22.9 Å². The average molecular weight is 207 g/mol. The molecule has 6 N–H and O–H groups in total. The minimum atomic E-state index is -0.400. The van der Waals surface area contributed by atoms with Gasteiger partial charge in [-0.1, -0.05) is 0 Å². The van der Waals surface area contributed by atoms with E-state index in [0.717, 1.165) is 6.07 Å². The van der Waals surface area contributed by atoms with Gasteiger partial charge in [-0.05, 0) is 17.5 Å². The average Bonchev–Trinajstić information content (AvgIpc) is 2.13. The lowest BCUT2D eigenvalue weighted by Crippen LogP contribution is -1.88. The molecule has 0 amide bonds. The Labute approximate surface area is 84.6 Å². The largest absolute Gasteiger partial charge is 0.508 e. The summed E-state index contributed by atoms with van der Waals surface area (Å²) in [4.78, 5) is 0. The van der Waals surface area contributed by atoms with Crippen LogP contribution in [0, 0.1) is 0 Å². The predicted octanol–water partition coefficient (Wildman–Crippen LogP) is 1.24. The summed E-state index contributed by atoms with van der Waals surface area (Å²) >= 11 is 0. The second kappa shape index (κ2) is 2.84. The first kappa shape index (κ1) is 9.26. The highest BCUT2D eigenvalue weighted by molar-refractivity contribution is 6.00. The molecular formula is C10H9NO4. The molecule has 0 fully saturated rings. The standard InChI is InChI=1S/C10H9NO4/c11-9-7(14)2-4-1-5(12)3-6(13)8(4)10(9)15/h1-3,12-15H,11H2. The molecule has 78 valence electrons. The summed E-state index contributed by atoms with van der Waals surface area (Å²) in [6, 6.07) is 3.64. The number of hydrogen-bond acceptors (Lipinski definition) is 5. The van der Waals surface area contributed by atoms with Gasteiger partial charge in [-0.2, -0.15) is 0 Å². The molecular weight excluding hydrogens is 198 g/mol. The van der Waals surface area contributed by atoms with Gasteiger partial charge in [0.25, 0.3) is 0 Å². The summed E-state index contributed by atoms with van der Waals surface area (Å²) in [5.41, 5.74) is 5.18. The zero-order valence-electron chi connectivity index (χ0n) is 7.60. The summed E-state index contributed by atoms with van der Waals surface area (Å²) in [7, 11) is 0. The monoisotopic (exact) mass is 207 g/mol. The maximum atomic E-state index is 9.58. The highest BCUT2D eigenvalue weighted by Crippen LogP contribution is 2.43. The maximum absolute atomic E-state index is 9.58. The van der Waals surface area contributed by atoms with E-state index in [9.17, 15) is 20.4 Å². The lowest BCUT2D eigenvalue weighted by atomic mass is 10.1. The van der Waals surface area contributed by atoms with E-state index in [2.05, 4.69) is 0 Å². The van der Waals surface area contributed by atoms with Crippen LogP contribution in [-0.2, 0) is 0 Å². The third-order valence-electron chi connectivity index (χ3n) is 2.19.